The summed E-state index contributed by atoms with van der Waals surface area (Å²) in [5, 5.41) is 3.95. The van der Waals surface area contributed by atoms with Gasteiger partial charge in [0.05, 0.1) is 22.4 Å². The van der Waals surface area contributed by atoms with E-state index in [1.54, 1.807) is 78.9 Å². The molecule has 4 rings (SSSR count). The van der Waals surface area contributed by atoms with Gasteiger partial charge in [0.25, 0.3) is 15.9 Å². The molecule has 0 spiro atoms. The largest absolute Gasteiger partial charge is 0.423 e. The molecule has 37 heavy (non-hydrogen) atoms. The Labute approximate surface area is 214 Å². The lowest BCUT2D eigenvalue weighted by atomic mass is 10.2. The lowest BCUT2D eigenvalue weighted by Crippen LogP contribution is -2.26. The third kappa shape index (κ3) is 6.28. The quantitative estimate of drug-likeness (QED) is 0.162. The van der Waals surface area contributed by atoms with Crippen LogP contribution in [-0.4, -0.2) is 33.6 Å². The molecule has 8 nitrogen and oxygen atoms in total. The summed E-state index contributed by atoms with van der Waals surface area (Å²) in [4.78, 5) is 24.7. The van der Waals surface area contributed by atoms with Gasteiger partial charge < -0.3 is 4.74 Å². The lowest BCUT2D eigenvalue weighted by molar-refractivity contribution is 0.0734. The zero-order valence-corrected chi connectivity index (χ0v) is 20.6. The third-order valence-electron chi connectivity index (χ3n) is 5.37. The van der Waals surface area contributed by atoms with E-state index in [-0.39, 0.29) is 4.90 Å². The number of ether oxygens (including phenoxy) is 1. The molecule has 4 aromatic carbocycles. The van der Waals surface area contributed by atoms with Crippen molar-refractivity contribution in [3.8, 4) is 5.75 Å². The number of nitrogens with one attached hydrogen (secondary N) is 1. The Morgan fingerprint density at radius 2 is 1.38 bits per heavy atom. The van der Waals surface area contributed by atoms with Crippen molar-refractivity contribution in [1.29, 1.82) is 0 Å². The molecule has 4 aromatic rings. The van der Waals surface area contributed by atoms with Crippen molar-refractivity contribution < 1.29 is 22.7 Å². The van der Waals surface area contributed by atoms with Crippen LogP contribution in [0.2, 0.25) is 0 Å². The summed E-state index contributed by atoms with van der Waals surface area (Å²) in [5.41, 5.74) is 4.30. The van der Waals surface area contributed by atoms with Crippen molar-refractivity contribution in [3.05, 3.63) is 126 Å². The fourth-order valence-corrected chi connectivity index (χ4v) is 4.52. The van der Waals surface area contributed by atoms with Gasteiger partial charge in [-0.25, -0.2) is 18.6 Å². The van der Waals surface area contributed by atoms with E-state index in [9.17, 15) is 18.0 Å². The minimum Gasteiger partial charge on any atom is -0.423 e. The fourth-order valence-electron chi connectivity index (χ4n) is 3.30. The highest BCUT2D eigenvalue weighted by Crippen LogP contribution is 2.22. The highest BCUT2D eigenvalue weighted by Gasteiger charge is 2.21. The second-order valence-electron chi connectivity index (χ2n) is 7.86. The van der Waals surface area contributed by atoms with Gasteiger partial charge in [-0.05, 0) is 78.4 Å². The molecule has 9 heteroatoms. The van der Waals surface area contributed by atoms with Crippen molar-refractivity contribution in [2.45, 2.75) is 4.90 Å². The fraction of sp³-hybridized carbons (Fsp3) is 0.0357. The summed E-state index contributed by atoms with van der Waals surface area (Å²) >= 11 is 0. The molecular weight excluding hydrogens is 490 g/mol. The van der Waals surface area contributed by atoms with Crippen LogP contribution in [0.25, 0.3) is 0 Å². The number of esters is 1. The van der Waals surface area contributed by atoms with Gasteiger partial charge in [0, 0.05) is 12.6 Å². The molecule has 0 heterocycles. The molecule has 0 radical (unpaired) electrons. The zero-order valence-electron chi connectivity index (χ0n) is 19.8. The molecule has 0 saturated carbocycles. The number of hydrogen-bond acceptors (Lipinski definition) is 6. The number of carbonyl (C=O) groups is 2. The Bertz CT molecular complexity index is 1500. The summed E-state index contributed by atoms with van der Waals surface area (Å²) in [7, 11) is -2.26. The Morgan fingerprint density at radius 3 is 2.00 bits per heavy atom. The van der Waals surface area contributed by atoms with Crippen molar-refractivity contribution in [2.75, 3.05) is 11.4 Å². The van der Waals surface area contributed by atoms with Crippen molar-refractivity contribution in [1.82, 2.24) is 5.43 Å². The first-order valence-electron chi connectivity index (χ1n) is 11.2. The number of carbonyl (C=O) groups excluding carboxylic acids is 2. The molecule has 0 bridgehead atoms. The maximum Gasteiger partial charge on any atom is 0.343 e. The van der Waals surface area contributed by atoms with Gasteiger partial charge in [-0.1, -0.05) is 36.4 Å². The first kappa shape index (κ1) is 25.3. The van der Waals surface area contributed by atoms with E-state index in [1.807, 2.05) is 6.07 Å². The minimum absolute atomic E-state index is 0.177. The smallest absolute Gasteiger partial charge is 0.343 e. The molecule has 1 amide bonds. The number of anilines is 1. The Balaban J connectivity index is 1.33. The van der Waals surface area contributed by atoms with Crippen LogP contribution in [-0.2, 0) is 10.0 Å². The van der Waals surface area contributed by atoms with Gasteiger partial charge in [-0.15, -0.1) is 0 Å². The van der Waals surface area contributed by atoms with Gasteiger partial charge >= 0.3 is 5.97 Å². The van der Waals surface area contributed by atoms with Crippen LogP contribution in [0.3, 0.4) is 0 Å². The highest BCUT2D eigenvalue weighted by atomic mass is 32.2. The zero-order chi connectivity index (χ0) is 26.3. The number of benzene rings is 4. The maximum atomic E-state index is 12.8. The van der Waals surface area contributed by atoms with E-state index in [0.717, 1.165) is 4.31 Å². The van der Waals surface area contributed by atoms with Crippen LogP contribution in [0.5, 0.6) is 5.75 Å². The summed E-state index contributed by atoms with van der Waals surface area (Å²) < 4.78 is 32.0. The SMILES string of the molecule is CN(c1ccc(C(=O)N/N=C/c2ccc(OC(=O)c3ccccc3)cc2)cc1)S(=O)(=O)c1ccccc1. The van der Waals surface area contributed by atoms with Crippen molar-refractivity contribution >= 4 is 33.8 Å². The van der Waals surface area contributed by atoms with Gasteiger partial charge in [-0.3, -0.25) is 9.10 Å². The molecule has 186 valence electrons. The molecular formula is C28H23N3O5S. The average molecular weight is 514 g/mol. The predicted octanol–water partition coefficient (Wildman–Crippen LogP) is 4.49. The normalized spacial score (nSPS) is 11.2. The van der Waals surface area contributed by atoms with Gasteiger partial charge in [-0.2, -0.15) is 5.10 Å². The number of rotatable bonds is 8. The monoisotopic (exact) mass is 513 g/mol. The number of hydrazone groups is 1. The Morgan fingerprint density at radius 1 is 0.784 bits per heavy atom. The Hall–Kier alpha value is -4.76. The van der Waals surface area contributed by atoms with E-state index in [0.29, 0.717) is 28.1 Å². The van der Waals surface area contributed by atoms with Crippen LogP contribution in [0.15, 0.2) is 119 Å². The van der Waals surface area contributed by atoms with Crippen LogP contribution in [0, 0.1) is 0 Å². The number of hydrogen-bond donors (Lipinski definition) is 1. The molecule has 0 saturated heterocycles. The molecule has 0 aromatic heterocycles. The van der Waals surface area contributed by atoms with Crippen LogP contribution >= 0.6 is 0 Å². The molecule has 0 aliphatic rings. The summed E-state index contributed by atoms with van der Waals surface area (Å²) in [6, 6.07) is 29.6. The summed E-state index contributed by atoms with van der Waals surface area (Å²) in [6.07, 6.45) is 1.45. The van der Waals surface area contributed by atoms with E-state index >= 15 is 0 Å². The first-order chi connectivity index (χ1) is 17.8. The van der Waals surface area contributed by atoms with Gasteiger partial charge in [0.1, 0.15) is 5.75 Å². The van der Waals surface area contributed by atoms with E-state index < -0.39 is 21.9 Å². The molecule has 1 N–H and O–H groups in total. The van der Waals surface area contributed by atoms with Crippen LogP contribution < -0.4 is 14.5 Å². The van der Waals surface area contributed by atoms with Crippen LogP contribution in [0.1, 0.15) is 26.3 Å². The lowest BCUT2D eigenvalue weighted by Gasteiger charge is -2.19. The molecule has 0 aliphatic heterocycles. The molecule has 0 atom stereocenters. The number of sulfonamides is 1. The van der Waals surface area contributed by atoms with Crippen molar-refractivity contribution in [3.63, 3.8) is 0 Å². The van der Waals surface area contributed by atoms with Crippen molar-refractivity contribution in [2.24, 2.45) is 5.10 Å². The second kappa shape index (κ2) is 11.3. The standard InChI is InChI=1S/C28H23N3O5S/c1-31(37(34,35)26-10-6-3-7-11-26)24-16-14-22(15-17-24)27(32)30-29-20-21-12-18-25(19-13-21)36-28(33)23-8-4-2-5-9-23/h2-20H,1H3,(H,30,32)/b29-20+. The predicted molar refractivity (Wildman–Crippen MR) is 141 cm³/mol. The van der Waals surface area contributed by atoms with Gasteiger partial charge in [0.2, 0.25) is 0 Å². The highest BCUT2D eigenvalue weighted by molar-refractivity contribution is 7.92. The minimum atomic E-state index is -3.71. The maximum absolute atomic E-state index is 12.8. The number of nitrogens with zero attached hydrogens (tertiary/aromatic N) is 2. The van der Waals surface area contributed by atoms with E-state index in [4.69, 9.17) is 4.74 Å². The molecule has 0 aliphatic carbocycles. The first-order valence-corrected chi connectivity index (χ1v) is 12.6. The number of amides is 1. The van der Waals surface area contributed by atoms with E-state index in [1.165, 1.54) is 37.5 Å². The van der Waals surface area contributed by atoms with Crippen LogP contribution in [0.4, 0.5) is 5.69 Å². The van der Waals surface area contributed by atoms with E-state index in [2.05, 4.69) is 10.5 Å². The second-order valence-corrected chi connectivity index (χ2v) is 9.83. The Kier molecular flexibility index (Phi) is 7.75. The summed E-state index contributed by atoms with van der Waals surface area (Å²) in [6.45, 7) is 0. The molecule has 0 fully saturated rings. The van der Waals surface area contributed by atoms with Gasteiger partial charge in [0.15, 0.2) is 0 Å². The average Bonchev–Trinajstić information content (AvgIpc) is 2.94. The third-order valence-corrected chi connectivity index (χ3v) is 7.17. The topological polar surface area (TPSA) is 105 Å². The molecule has 0 unspecified atom stereocenters. The summed E-state index contributed by atoms with van der Waals surface area (Å²) in [5.74, 6) is -0.525.